The Morgan fingerprint density at radius 3 is 2.75 bits per heavy atom. The summed E-state index contributed by atoms with van der Waals surface area (Å²) in [6.07, 6.45) is 2.84. The summed E-state index contributed by atoms with van der Waals surface area (Å²) in [6.45, 7) is 11.2. The van der Waals surface area contributed by atoms with E-state index >= 15 is 0 Å². The number of fused-ring (bicyclic) bond motifs is 2. The van der Waals surface area contributed by atoms with Gasteiger partial charge in [0.25, 0.3) is 0 Å². The fourth-order valence-corrected chi connectivity index (χ4v) is 3.88. The molecule has 0 radical (unpaired) electrons. The highest BCUT2D eigenvalue weighted by Gasteiger charge is 2.39. The van der Waals surface area contributed by atoms with Crippen molar-refractivity contribution >= 4 is 0 Å². The standard InChI is InChI=1S/C13H25N3/c1-10-8-16(11(2)7-14-10)13-4-6-15-5-3-12(13)9-15/h10-14H,3-9H2,1-2H3. The Bertz CT molecular complexity index is 256. The van der Waals surface area contributed by atoms with Gasteiger partial charge in [-0.3, -0.25) is 4.90 Å². The Morgan fingerprint density at radius 1 is 1.06 bits per heavy atom. The maximum absolute atomic E-state index is 3.59. The summed E-state index contributed by atoms with van der Waals surface area (Å²) in [6, 6.07) is 2.28. The average molecular weight is 223 g/mol. The monoisotopic (exact) mass is 223 g/mol. The van der Waals surface area contributed by atoms with Crippen LogP contribution in [0.15, 0.2) is 0 Å². The van der Waals surface area contributed by atoms with Crippen molar-refractivity contribution < 1.29 is 0 Å². The van der Waals surface area contributed by atoms with Gasteiger partial charge in [0.05, 0.1) is 0 Å². The molecule has 92 valence electrons. The molecule has 5 atom stereocenters. The summed E-state index contributed by atoms with van der Waals surface area (Å²) >= 11 is 0. The molecule has 3 aliphatic heterocycles. The van der Waals surface area contributed by atoms with E-state index < -0.39 is 0 Å². The molecule has 3 aliphatic rings. The lowest BCUT2D eigenvalue weighted by molar-refractivity contribution is 0.0404. The molecular weight excluding hydrogens is 198 g/mol. The molecular formula is C13H25N3. The zero-order chi connectivity index (χ0) is 11.1. The fourth-order valence-electron chi connectivity index (χ4n) is 3.88. The molecule has 0 amide bonds. The van der Waals surface area contributed by atoms with Crippen molar-refractivity contribution in [3.8, 4) is 0 Å². The van der Waals surface area contributed by atoms with Crippen LogP contribution in [0.25, 0.3) is 0 Å². The van der Waals surface area contributed by atoms with E-state index in [0.29, 0.717) is 6.04 Å². The summed E-state index contributed by atoms with van der Waals surface area (Å²) in [7, 11) is 0. The molecule has 5 unspecified atom stereocenters. The van der Waals surface area contributed by atoms with Gasteiger partial charge in [-0.05, 0) is 45.7 Å². The molecule has 3 saturated heterocycles. The van der Waals surface area contributed by atoms with Crippen LogP contribution in [0.2, 0.25) is 0 Å². The first kappa shape index (κ1) is 11.0. The van der Waals surface area contributed by atoms with E-state index in [4.69, 9.17) is 0 Å². The molecule has 0 saturated carbocycles. The van der Waals surface area contributed by atoms with Gasteiger partial charge in [-0.15, -0.1) is 0 Å². The highest BCUT2D eigenvalue weighted by Crippen LogP contribution is 2.32. The van der Waals surface area contributed by atoms with Crippen molar-refractivity contribution in [2.75, 3.05) is 32.7 Å². The lowest BCUT2D eigenvalue weighted by atomic mass is 9.90. The molecule has 3 heterocycles. The van der Waals surface area contributed by atoms with Crippen LogP contribution in [0.5, 0.6) is 0 Å². The third kappa shape index (κ3) is 1.89. The number of piperazine rings is 1. The van der Waals surface area contributed by atoms with E-state index in [0.717, 1.165) is 18.0 Å². The quantitative estimate of drug-likeness (QED) is 0.708. The maximum atomic E-state index is 3.59. The Hall–Kier alpha value is -0.120. The minimum Gasteiger partial charge on any atom is -0.311 e. The van der Waals surface area contributed by atoms with Gasteiger partial charge in [0.2, 0.25) is 0 Å². The van der Waals surface area contributed by atoms with Gasteiger partial charge < -0.3 is 10.2 Å². The SMILES string of the molecule is CC1CN(C2CCN3CCC2C3)C(C)CN1. The van der Waals surface area contributed by atoms with E-state index in [1.54, 1.807) is 0 Å². The molecule has 3 heteroatoms. The summed E-state index contributed by atoms with van der Waals surface area (Å²) in [5.41, 5.74) is 0. The van der Waals surface area contributed by atoms with Crippen molar-refractivity contribution in [1.82, 2.24) is 15.1 Å². The van der Waals surface area contributed by atoms with Crippen LogP contribution in [-0.4, -0.2) is 60.6 Å². The molecule has 0 aromatic rings. The second-order valence-electron chi connectivity index (χ2n) is 6.06. The molecule has 0 spiro atoms. The second-order valence-corrected chi connectivity index (χ2v) is 6.06. The van der Waals surface area contributed by atoms with E-state index in [1.165, 1.54) is 45.6 Å². The topological polar surface area (TPSA) is 18.5 Å². The lowest BCUT2D eigenvalue weighted by Gasteiger charge is -2.46. The molecule has 0 aromatic heterocycles. The van der Waals surface area contributed by atoms with Gasteiger partial charge in [-0.2, -0.15) is 0 Å². The van der Waals surface area contributed by atoms with Gasteiger partial charge in [-0.1, -0.05) is 0 Å². The van der Waals surface area contributed by atoms with Crippen LogP contribution in [0.1, 0.15) is 26.7 Å². The average Bonchev–Trinajstić information content (AvgIpc) is 2.65. The van der Waals surface area contributed by atoms with Crippen LogP contribution in [0.3, 0.4) is 0 Å². The van der Waals surface area contributed by atoms with Crippen LogP contribution in [0, 0.1) is 5.92 Å². The first-order chi connectivity index (χ1) is 7.74. The van der Waals surface area contributed by atoms with Gasteiger partial charge in [0.1, 0.15) is 0 Å². The molecule has 3 nitrogen and oxygen atoms in total. The Kier molecular flexibility index (Phi) is 2.94. The highest BCUT2D eigenvalue weighted by atomic mass is 15.3. The smallest absolute Gasteiger partial charge is 0.0196 e. The van der Waals surface area contributed by atoms with Gasteiger partial charge in [-0.25, -0.2) is 0 Å². The van der Waals surface area contributed by atoms with Crippen LogP contribution in [-0.2, 0) is 0 Å². The van der Waals surface area contributed by atoms with E-state index in [1.807, 2.05) is 0 Å². The van der Waals surface area contributed by atoms with Gasteiger partial charge >= 0.3 is 0 Å². The largest absolute Gasteiger partial charge is 0.311 e. The number of hydrogen-bond donors (Lipinski definition) is 1. The predicted molar refractivity (Wildman–Crippen MR) is 66.6 cm³/mol. The number of piperidine rings is 1. The Labute approximate surface area is 99.2 Å². The van der Waals surface area contributed by atoms with Crippen molar-refractivity contribution in [2.24, 2.45) is 5.92 Å². The van der Waals surface area contributed by atoms with E-state index in [2.05, 4.69) is 29.0 Å². The third-order valence-corrected chi connectivity index (χ3v) is 4.83. The zero-order valence-corrected chi connectivity index (χ0v) is 10.7. The number of hydrogen-bond acceptors (Lipinski definition) is 3. The summed E-state index contributed by atoms with van der Waals surface area (Å²) < 4.78 is 0. The van der Waals surface area contributed by atoms with E-state index in [-0.39, 0.29) is 0 Å². The maximum Gasteiger partial charge on any atom is 0.0196 e. The van der Waals surface area contributed by atoms with Crippen LogP contribution >= 0.6 is 0 Å². The van der Waals surface area contributed by atoms with Crippen molar-refractivity contribution in [3.05, 3.63) is 0 Å². The molecule has 0 aliphatic carbocycles. The van der Waals surface area contributed by atoms with Crippen molar-refractivity contribution in [3.63, 3.8) is 0 Å². The first-order valence-corrected chi connectivity index (χ1v) is 6.95. The molecule has 0 aromatic carbocycles. The molecule has 2 bridgehead atoms. The van der Waals surface area contributed by atoms with E-state index in [9.17, 15) is 0 Å². The summed E-state index contributed by atoms with van der Waals surface area (Å²) in [5.74, 6) is 0.960. The molecule has 1 N–H and O–H groups in total. The van der Waals surface area contributed by atoms with Crippen molar-refractivity contribution in [2.45, 2.75) is 44.8 Å². The number of nitrogens with one attached hydrogen (secondary N) is 1. The van der Waals surface area contributed by atoms with Crippen LogP contribution < -0.4 is 5.32 Å². The van der Waals surface area contributed by atoms with Crippen LogP contribution in [0.4, 0.5) is 0 Å². The van der Waals surface area contributed by atoms with Crippen molar-refractivity contribution in [1.29, 1.82) is 0 Å². The highest BCUT2D eigenvalue weighted by molar-refractivity contribution is 4.96. The molecule has 3 rings (SSSR count). The normalized spacial score (nSPS) is 49.5. The predicted octanol–water partition coefficient (Wildman–Crippen LogP) is 0.763. The minimum absolute atomic E-state index is 0.677. The summed E-state index contributed by atoms with van der Waals surface area (Å²) in [4.78, 5) is 5.45. The second kappa shape index (κ2) is 4.28. The fraction of sp³-hybridized carbons (Fsp3) is 1.00. The van der Waals surface area contributed by atoms with Gasteiger partial charge in [0.15, 0.2) is 0 Å². The number of rotatable bonds is 1. The molecule has 16 heavy (non-hydrogen) atoms. The van der Waals surface area contributed by atoms with Gasteiger partial charge in [0, 0.05) is 37.8 Å². The first-order valence-electron chi connectivity index (χ1n) is 6.95. The molecule has 3 fully saturated rings. The minimum atomic E-state index is 0.677. The number of nitrogens with zero attached hydrogens (tertiary/aromatic N) is 2. The lowest BCUT2D eigenvalue weighted by Crippen LogP contribution is -2.60. The Balaban J connectivity index is 1.70. The Morgan fingerprint density at radius 2 is 1.88 bits per heavy atom. The third-order valence-electron chi connectivity index (χ3n) is 4.83. The zero-order valence-electron chi connectivity index (χ0n) is 10.7. The summed E-state index contributed by atoms with van der Waals surface area (Å²) in [5, 5.41) is 3.59.